The fourth-order valence-electron chi connectivity index (χ4n) is 3.89. The Morgan fingerprint density at radius 3 is 2.71 bits per heavy atom. The Hall–Kier alpha value is -0.910. The lowest BCUT2D eigenvalue weighted by Gasteiger charge is -2.32. The fraction of sp³-hybridized carbons (Fsp3) is 0.737. The zero-order valence-electron chi connectivity index (χ0n) is 15.2. The Kier molecular flexibility index (Phi) is 6.31. The minimum absolute atomic E-state index is 0.222. The molecule has 0 bridgehead atoms. The second-order valence-electron chi connectivity index (χ2n) is 7.28. The Balaban J connectivity index is 1.51. The van der Waals surface area contributed by atoms with E-state index in [9.17, 15) is 4.79 Å². The van der Waals surface area contributed by atoms with Gasteiger partial charge in [0, 0.05) is 49.0 Å². The van der Waals surface area contributed by atoms with Gasteiger partial charge in [0.25, 0.3) is 0 Å². The van der Waals surface area contributed by atoms with Crippen LogP contribution in [0.5, 0.6) is 0 Å². The molecule has 4 nitrogen and oxygen atoms in total. The first-order valence-electron chi connectivity index (χ1n) is 9.43. The molecule has 0 N–H and O–H groups in total. The van der Waals surface area contributed by atoms with Gasteiger partial charge in [0.2, 0.25) is 5.91 Å². The van der Waals surface area contributed by atoms with Gasteiger partial charge in [-0.1, -0.05) is 6.92 Å². The minimum Gasteiger partial charge on any atom is -0.341 e. The van der Waals surface area contributed by atoms with E-state index in [-0.39, 0.29) is 5.92 Å². The average Bonchev–Trinajstić information content (AvgIpc) is 2.91. The van der Waals surface area contributed by atoms with Gasteiger partial charge in [-0.25, -0.2) is 0 Å². The van der Waals surface area contributed by atoms with Crippen molar-refractivity contribution in [3.8, 4) is 0 Å². The van der Waals surface area contributed by atoms with Crippen molar-refractivity contribution in [3.05, 3.63) is 21.9 Å². The molecule has 1 aromatic rings. The predicted molar refractivity (Wildman–Crippen MR) is 100 cm³/mol. The molecule has 1 amide bonds. The SMILES string of the molecule is CCc1ccc(CN2CCCN(C(=O)C3CCCN(C)C3)CC2)s1. The number of rotatable bonds is 4. The number of piperidine rings is 1. The third-order valence-electron chi connectivity index (χ3n) is 5.32. The van der Waals surface area contributed by atoms with Gasteiger partial charge < -0.3 is 9.80 Å². The van der Waals surface area contributed by atoms with Gasteiger partial charge in [-0.2, -0.15) is 0 Å². The smallest absolute Gasteiger partial charge is 0.227 e. The summed E-state index contributed by atoms with van der Waals surface area (Å²) in [6, 6.07) is 4.53. The molecule has 0 spiro atoms. The highest BCUT2D eigenvalue weighted by Gasteiger charge is 2.29. The highest BCUT2D eigenvalue weighted by atomic mass is 32.1. The first kappa shape index (κ1) is 17.9. The van der Waals surface area contributed by atoms with E-state index < -0.39 is 0 Å². The van der Waals surface area contributed by atoms with E-state index in [0.717, 1.165) is 71.5 Å². The number of aryl methyl sites for hydroxylation is 1. The van der Waals surface area contributed by atoms with Crippen LogP contribution in [0.2, 0.25) is 0 Å². The van der Waals surface area contributed by atoms with Crippen LogP contribution in [0.3, 0.4) is 0 Å². The summed E-state index contributed by atoms with van der Waals surface area (Å²) in [5.74, 6) is 0.618. The monoisotopic (exact) mass is 349 g/mol. The summed E-state index contributed by atoms with van der Waals surface area (Å²) in [4.78, 5) is 22.7. The van der Waals surface area contributed by atoms with E-state index in [1.165, 1.54) is 9.75 Å². The molecule has 0 saturated carbocycles. The van der Waals surface area contributed by atoms with Crippen LogP contribution in [0, 0.1) is 5.92 Å². The zero-order valence-corrected chi connectivity index (χ0v) is 16.0. The van der Waals surface area contributed by atoms with E-state index in [0.29, 0.717) is 5.91 Å². The van der Waals surface area contributed by atoms with Crippen LogP contribution in [0.15, 0.2) is 12.1 Å². The Labute approximate surface area is 150 Å². The van der Waals surface area contributed by atoms with Crippen molar-refractivity contribution in [3.63, 3.8) is 0 Å². The predicted octanol–water partition coefficient (Wildman–Crippen LogP) is 2.69. The number of hydrogen-bond acceptors (Lipinski definition) is 4. The van der Waals surface area contributed by atoms with Crippen LogP contribution in [-0.4, -0.2) is 66.9 Å². The first-order chi connectivity index (χ1) is 11.7. The summed E-state index contributed by atoms with van der Waals surface area (Å²) in [7, 11) is 2.13. The normalized spacial score (nSPS) is 24.1. The molecular weight excluding hydrogens is 318 g/mol. The van der Waals surface area contributed by atoms with Gasteiger partial charge in [0.05, 0.1) is 5.92 Å². The van der Waals surface area contributed by atoms with Crippen LogP contribution >= 0.6 is 11.3 Å². The summed E-state index contributed by atoms with van der Waals surface area (Å²) in [6.07, 6.45) is 4.45. The Morgan fingerprint density at radius 1 is 1.12 bits per heavy atom. The minimum atomic E-state index is 0.222. The number of carbonyl (C=O) groups excluding carboxylic acids is 1. The second-order valence-corrected chi connectivity index (χ2v) is 8.53. The lowest BCUT2D eigenvalue weighted by atomic mass is 9.97. The van der Waals surface area contributed by atoms with E-state index in [4.69, 9.17) is 0 Å². The molecule has 1 atom stereocenters. The maximum Gasteiger partial charge on any atom is 0.227 e. The van der Waals surface area contributed by atoms with Gasteiger partial charge in [0.1, 0.15) is 0 Å². The van der Waals surface area contributed by atoms with E-state index in [1.807, 2.05) is 11.3 Å². The summed E-state index contributed by atoms with van der Waals surface area (Å²) in [6.45, 7) is 9.27. The molecule has 3 heterocycles. The van der Waals surface area contributed by atoms with Crippen LogP contribution in [0.25, 0.3) is 0 Å². The topological polar surface area (TPSA) is 26.8 Å². The highest BCUT2D eigenvalue weighted by Crippen LogP contribution is 2.21. The molecule has 0 aromatic carbocycles. The van der Waals surface area contributed by atoms with Crippen LogP contribution in [-0.2, 0) is 17.8 Å². The van der Waals surface area contributed by atoms with Gasteiger partial charge in [-0.05, 0) is 51.4 Å². The second kappa shape index (κ2) is 8.45. The van der Waals surface area contributed by atoms with Crippen molar-refractivity contribution in [2.24, 2.45) is 5.92 Å². The molecule has 2 fully saturated rings. The van der Waals surface area contributed by atoms with Gasteiger partial charge in [-0.3, -0.25) is 9.69 Å². The lowest BCUT2D eigenvalue weighted by molar-refractivity contribution is -0.137. The van der Waals surface area contributed by atoms with Crippen molar-refractivity contribution in [2.45, 2.75) is 39.2 Å². The molecular formula is C19H31N3OS. The molecule has 2 aliphatic heterocycles. The largest absolute Gasteiger partial charge is 0.341 e. The van der Waals surface area contributed by atoms with E-state index >= 15 is 0 Å². The molecule has 0 aliphatic carbocycles. The summed E-state index contributed by atoms with van der Waals surface area (Å²) < 4.78 is 0. The molecule has 134 valence electrons. The van der Waals surface area contributed by atoms with Gasteiger partial charge >= 0.3 is 0 Å². The molecule has 1 aromatic heterocycles. The average molecular weight is 350 g/mol. The lowest BCUT2D eigenvalue weighted by Crippen LogP contribution is -2.44. The van der Waals surface area contributed by atoms with Crippen molar-refractivity contribution in [1.82, 2.24) is 14.7 Å². The van der Waals surface area contributed by atoms with Crippen LogP contribution in [0.4, 0.5) is 0 Å². The standard InChI is InChI=1S/C19H31N3OS/c1-3-17-7-8-18(24-17)15-21-10-5-11-22(13-12-21)19(23)16-6-4-9-20(2)14-16/h7-8,16H,3-6,9-15H2,1-2H3. The van der Waals surface area contributed by atoms with Crippen LogP contribution < -0.4 is 0 Å². The molecule has 0 radical (unpaired) electrons. The maximum atomic E-state index is 12.8. The molecule has 24 heavy (non-hydrogen) atoms. The Morgan fingerprint density at radius 2 is 1.96 bits per heavy atom. The number of nitrogens with zero attached hydrogens (tertiary/aromatic N) is 3. The Bertz CT molecular complexity index is 544. The van der Waals surface area contributed by atoms with Crippen molar-refractivity contribution >= 4 is 17.2 Å². The first-order valence-corrected chi connectivity index (χ1v) is 10.2. The molecule has 5 heteroatoms. The fourth-order valence-corrected chi connectivity index (χ4v) is 4.89. The third-order valence-corrected chi connectivity index (χ3v) is 6.53. The van der Waals surface area contributed by atoms with Crippen LogP contribution in [0.1, 0.15) is 35.9 Å². The number of amides is 1. The third kappa shape index (κ3) is 4.58. The molecule has 3 rings (SSSR count). The maximum absolute atomic E-state index is 12.8. The summed E-state index contributed by atoms with van der Waals surface area (Å²) in [5, 5.41) is 0. The van der Waals surface area contributed by atoms with Crippen molar-refractivity contribution in [1.29, 1.82) is 0 Å². The molecule has 1 unspecified atom stereocenters. The number of likely N-dealkylation sites (tertiary alicyclic amines) is 1. The van der Waals surface area contributed by atoms with Gasteiger partial charge in [0.15, 0.2) is 0 Å². The summed E-state index contributed by atoms with van der Waals surface area (Å²) >= 11 is 1.94. The number of thiophene rings is 1. The molecule has 2 saturated heterocycles. The quantitative estimate of drug-likeness (QED) is 0.836. The van der Waals surface area contributed by atoms with E-state index in [2.05, 4.69) is 40.8 Å². The van der Waals surface area contributed by atoms with Crippen molar-refractivity contribution in [2.75, 3.05) is 46.3 Å². The number of carbonyl (C=O) groups is 1. The highest BCUT2D eigenvalue weighted by molar-refractivity contribution is 7.11. The summed E-state index contributed by atoms with van der Waals surface area (Å²) in [5.41, 5.74) is 0. The number of hydrogen-bond donors (Lipinski definition) is 0. The molecule has 2 aliphatic rings. The van der Waals surface area contributed by atoms with E-state index in [1.54, 1.807) is 0 Å². The zero-order chi connectivity index (χ0) is 16.9. The van der Waals surface area contributed by atoms with Gasteiger partial charge in [-0.15, -0.1) is 11.3 Å². The van der Waals surface area contributed by atoms with Crippen molar-refractivity contribution < 1.29 is 4.79 Å².